The maximum Gasteiger partial charge on any atom is 0.317 e. The summed E-state index contributed by atoms with van der Waals surface area (Å²) in [5.74, 6) is 0.854. The van der Waals surface area contributed by atoms with Gasteiger partial charge in [-0.2, -0.15) is 0 Å². The normalized spacial score (nSPS) is 24.7. The molecule has 0 unspecified atom stereocenters. The van der Waals surface area contributed by atoms with Gasteiger partial charge in [-0.25, -0.2) is 4.79 Å². The van der Waals surface area contributed by atoms with Crippen LogP contribution < -0.4 is 10.1 Å². The van der Waals surface area contributed by atoms with Gasteiger partial charge in [0.05, 0.1) is 13.2 Å². The highest BCUT2D eigenvalue weighted by molar-refractivity contribution is 5.75. The lowest BCUT2D eigenvalue weighted by Gasteiger charge is -2.41. The number of methoxy groups -OCH3 is 1. The van der Waals surface area contributed by atoms with E-state index in [9.17, 15) is 4.79 Å². The van der Waals surface area contributed by atoms with Crippen molar-refractivity contribution < 1.29 is 9.53 Å². The fraction of sp³-hybridized carbons (Fsp3) is 0.650. The van der Waals surface area contributed by atoms with Gasteiger partial charge < -0.3 is 19.9 Å². The number of ether oxygens (including phenoxy) is 1. The number of likely N-dealkylation sites (tertiary alicyclic amines) is 2. The van der Waals surface area contributed by atoms with E-state index >= 15 is 0 Å². The summed E-state index contributed by atoms with van der Waals surface area (Å²) in [5, 5.41) is 3.22. The summed E-state index contributed by atoms with van der Waals surface area (Å²) < 4.78 is 5.31. The Bertz CT molecular complexity index is 623. The Morgan fingerprint density at radius 1 is 1.28 bits per heavy atom. The Labute approximate surface area is 150 Å². The first-order chi connectivity index (χ1) is 12.2. The summed E-state index contributed by atoms with van der Waals surface area (Å²) in [4.78, 5) is 17.2. The first kappa shape index (κ1) is 16.7. The highest BCUT2D eigenvalue weighted by Gasteiger charge is 2.45. The largest absolute Gasteiger partial charge is 0.497 e. The summed E-state index contributed by atoms with van der Waals surface area (Å²) in [6.45, 7) is 5.29. The molecule has 25 heavy (non-hydrogen) atoms. The number of nitrogens with one attached hydrogen (secondary N) is 1. The quantitative estimate of drug-likeness (QED) is 0.863. The summed E-state index contributed by atoms with van der Waals surface area (Å²) in [6.07, 6.45) is 6.20. The average molecular weight is 343 g/mol. The molecule has 4 rings (SSSR count). The van der Waals surface area contributed by atoms with Gasteiger partial charge in [-0.1, -0.05) is 12.1 Å². The van der Waals surface area contributed by atoms with Crippen LogP contribution in [0.1, 0.15) is 43.7 Å². The molecule has 1 aromatic carbocycles. The number of amides is 2. The molecule has 3 fully saturated rings. The maximum atomic E-state index is 12.6. The third-order valence-corrected chi connectivity index (χ3v) is 6.09. The van der Waals surface area contributed by atoms with Crippen LogP contribution in [0, 0.1) is 5.41 Å². The van der Waals surface area contributed by atoms with Crippen LogP contribution in [0.25, 0.3) is 0 Å². The predicted molar refractivity (Wildman–Crippen MR) is 97.8 cm³/mol. The molecular formula is C20H29N3O2. The molecule has 136 valence electrons. The van der Waals surface area contributed by atoms with Crippen molar-refractivity contribution in [3.63, 3.8) is 0 Å². The Balaban J connectivity index is 1.30. The molecule has 5 heteroatoms. The monoisotopic (exact) mass is 343 g/mol. The van der Waals surface area contributed by atoms with Crippen LogP contribution in [0.5, 0.6) is 5.75 Å². The Morgan fingerprint density at radius 2 is 2.08 bits per heavy atom. The van der Waals surface area contributed by atoms with Crippen molar-refractivity contribution in [2.45, 2.75) is 38.1 Å². The first-order valence-electron chi connectivity index (χ1n) is 9.60. The van der Waals surface area contributed by atoms with Gasteiger partial charge >= 0.3 is 6.03 Å². The van der Waals surface area contributed by atoms with Crippen molar-refractivity contribution in [3.8, 4) is 5.75 Å². The van der Waals surface area contributed by atoms with Crippen LogP contribution in [-0.2, 0) is 0 Å². The molecule has 0 aromatic heterocycles. The van der Waals surface area contributed by atoms with Gasteiger partial charge in [-0.05, 0) is 62.9 Å². The Hall–Kier alpha value is -1.75. The zero-order valence-corrected chi connectivity index (χ0v) is 15.2. The fourth-order valence-corrected chi connectivity index (χ4v) is 4.17. The molecule has 1 aromatic rings. The third kappa shape index (κ3) is 3.61. The topological polar surface area (TPSA) is 44.8 Å². The smallest absolute Gasteiger partial charge is 0.317 e. The second kappa shape index (κ2) is 6.87. The lowest BCUT2D eigenvalue weighted by molar-refractivity contribution is 0.113. The Kier molecular flexibility index (Phi) is 4.59. The van der Waals surface area contributed by atoms with Gasteiger partial charge in [0.15, 0.2) is 0 Å². The maximum absolute atomic E-state index is 12.6. The molecule has 1 atom stereocenters. The first-order valence-corrected chi connectivity index (χ1v) is 9.60. The average Bonchev–Trinajstić information content (AvgIpc) is 3.16. The second-order valence-electron chi connectivity index (χ2n) is 7.92. The minimum Gasteiger partial charge on any atom is -0.497 e. The van der Waals surface area contributed by atoms with Crippen molar-refractivity contribution >= 4 is 6.03 Å². The van der Waals surface area contributed by atoms with Crippen LogP contribution in [0.3, 0.4) is 0 Å². The SMILES string of the molecule is COc1cccc([C@H]2CCN2C(=O)NCC2(CN3CCCC3)CC2)c1. The van der Waals surface area contributed by atoms with Crippen molar-refractivity contribution in [1.82, 2.24) is 15.1 Å². The molecule has 3 aliphatic rings. The molecule has 0 radical (unpaired) electrons. The van der Waals surface area contributed by atoms with E-state index in [0.717, 1.165) is 31.8 Å². The number of nitrogens with zero attached hydrogens (tertiary/aromatic N) is 2. The van der Waals surface area contributed by atoms with Crippen LogP contribution in [0.15, 0.2) is 24.3 Å². The van der Waals surface area contributed by atoms with E-state index < -0.39 is 0 Å². The molecule has 1 aliphatic carbocycles. The molecular weight excluding hydrogens is 314 g/mol. The van der Waals surface area contributed by atoms with Crippen molar-refractivity contribution in [3.05, 3.63) is 29.8 Å². The standard InChI is InChI=1S/C20H29N3O2/c1-25-17-6-4-5-16(13-17)18-7-12-23(18)19(24)21-14-20(8-9-20)15-22-10-2-3-11-22/h4-6,13,18H,2-3,7-12,14-15H2,1H3,(H,21,24)/t18-/m1/s1. The highest BCUT2D eigenvalue weighted by atomic mass is 16.5. The zero-order valence-electron chi connectivity index (χ0n) is 15.2. The number of carbonyl (C=O) groups is 1. The lowest BCUT2D eigenvalue weighted by Crippen LogP contribution is -2.51. The summed E-state index contributed by atoms with van der Waals surface area (Å²) in [7, 11) is 1.68. The summed E-state index contributed by atoms with van der Waals surface area (Å²) in [5.41, 5.74) is 1.51. The molecule has 2 aliphatic heterocycles. The van der Waals surface area contributed by atoms with E-state index in [4.69, 9.17) is 4.74 Å². The van der Waals surface area contributed by atoms with Gasteiger partial charge in [-0.15, -0.1) is 0 Å². The number of urea groups is 1. The van der Waals surface area contributed by atoms with E-state index in [1.54, 1.807) is 7.11 Å². The van der Waals surface area contributed by atoms with E-state index in [-0.39, 0.29) is 12.1 Å². The van der Waals surface area contributed by atoms with Crippen LogP contribution >= 0.6 is 0 Å². The molecule has 1 N–H and O–H groups in total. The molecule has 1 saturated carbocycles. The van der Waals surface area contributed by atoms with E-state index in [1.165, 1.54) is 44.3 Å². The van der Waals surface area contributed by atoms with Crippen molar-refractivity contribution in [2.24, 2.45) is 5.41 Å². The van der Waals surface area contributed by atoms with Crippen LogP contribution in [0.2, 0.25) is 0 Å². The number of hydrogen-bond acceptors (Lipinski definition) is 3. The van der Waals surface area contributed by atoms with Crippen LogP contribution in [0.4, 0.5) is 4.79 Å². The van der Waals surface area contributed by atoms with E-state index in [0.29, 0.717) is 5.41 Å². The lowest BCUT2D eigenvalue weighted by atomic mass is 9.95. The number of rotatable bonds is 6. The summed E-state index contributed by atoms with van der Waals surface area (Å²) in [6, 6.07) is 8.34. The van der Waals surface area contributed by atoms with Gasteiger partial charge in [-0.3, -0.25) is 0 Å². The summed E-state index contributed by atoms with van der Waals surface area (Å²) >= 11 is 0. The zero-order chi connectivity index (χ0) is 17.3. The molecule has 0 bridgehead atoms. The second-order valence-corrected chi connectivity index (χ2v) is 7.92. The molecule has 2 saturated heterocycles. The molecule has 2 amide bonds. The Morgan fingerprint density at radius 3 is 2.72 bits per heavy atom. The fourth-order valence-electron chi connectivity index (χ4n) is 4.17. The van der Waals surface area contributed by atoms with E-state index in [1.807, 2.05) is 23.1 Å². The van der Waals surface area contributed by atoms with Gasteiger partial charge in [0, 0.05) is 25.0 Å². The van der Waals surface area contributed by atoms with Gasteiger partial charge in [0.25, 0.3) is 0 Å². The molecule has 0 spiro atoms. The van der Waals surface area contributed by atoms with Gasteiger partial charge in [0.1, 0.15) is 5.75 Å². The number of carbonyl (C=O) groups excluding carboxylic acids is 1. The van der Waals surface area contributed by atoms with Crippen molar-refractivity contribution in [1.29, 1.82) is 0 Å². The number of benzene rings is 1. The van der Waals surface area contributed by atoms with Gasteiger partial charge in [0.2, 0.25) is 0 Å². The molecule has 5 nitrogen and oxygen atoms in total. The number of hydrogen-bond donors (Lipinski definition) is 1. The van der Waals surface area contributed by atoms with E-state index in [2.05, 4.69) is 16.3 Å². The predicted octanol–water partition coefficient (Wildman–Crippen LogP) is 3.03. The van der Waals surface area contributed by atoms with Crippen molar-refractivity contribution in [2.75, 3.05) is 39.8 Å². The highest BCUT2D eigenvalue weighted by Crippen LogP contribution is 2.46. The minimum absolute atomic E-state index is 0.0896. The third-order valence-electron chi connectivity index (χ3n) is 6.09. The van der Waals surface area contributed by atoms with Crippen LogP contribution in [-0.4, -0.2) is 55.7 Å². The minimum atomic E-state index is 0.0896. The molecule has 2 heterocycles.